The van der Waals surface area contributed by atoms with E-state index in [1.807, 2.05) is 0 Å². The lowest BCUT2D eigenvalue weighted by Crippen LogP contribution is -1.94. The quantitative estimate of drug-likeness (QED) is 0.655. The number of rotatable bonds is 1. The third kappa shape index (κ3) is 1.15. The highest BCUT2D eigenvalue weighted by atomic mass is 32.2. The van der Waals surface area contributed by atoms with Crippen LogP contribution >= 0.6 is 23.3 Å². The van der Waals surface area contributed by atoms with Gasteiger partial charge in [-0.25, -0.2) is 4.79 Å². The highest BCUT2D eigenvalue weighted by Gasteiger charge is 2.17. The lowest BCUT2D eigenvalue weighted by atomic mass is 10.3. The number of aromatic carboxylic acids is 1. The van der Waals surface area contributed by atoms with Gasteiger partial charge in [0.2, 0.25) is 0 Å². The standard InChI is InChI=1S/C6H5NO2S2/c8-5(9)4-1-3-2-7-11-6(3)10-4/h1,7H,2H2,(H,8,9). The third-order valence-electron chi connectivity index (χ3n) is 1.41. The average Bonchev–Trinajstić information content (AvgIpc) is 2.40. The topological polar surface area (TPSA) is 49.3 Å². The molecule has 0 unspecified atom stereocenters. The van der Waals surface area contributed by atoms with Gasteiger partial charge < -0.3 is 5.11 Å². The maximum Gasteiger partial charge on any atom is 0.345 e. The van der Waals surface area contributed by atoms with Crippen LogP contribution in [0.3, 0.4) is 0 Å². The summed E-state index contributed by atoms with van der Waals surface area (Å²) in [6.45, 7) is 0.782. The first-order valence-electron chi connectivity index (χ1n) is 3.03. The van der Waals surface area contributed by atoms with E-state index in [1.165, 1.54) is 23.3 Å². The summed E-state index contributed by atoms with van der Waals surface area (Å²) in [5, 5.41) is 8.62. The van der Waals surface area contributed by atoms with Gasteiger partial charge in [-0.1, -0.05) is 0 Å². The predicted octanol–water partition coefficient (Wildman–Crippen LogP) is 1.56. The lowest BCUT2D eigenvalue weighted by Gasteiger charge is -1.86. The summed E-state index contributed by atoms with van der Waals surface area (Å²) in [5.74, 6) is -0.829. The molecule has 5 heteroatoms. The van der Waals surface area contributed by atoms with E-state index in [4.69, 9.17) is 5.11 Å². The van der Waals surface area contributed by atoms with E-state index >= 15 is 0 Å². The maximum absolute atomic E-state index is 10.5. The van der Waals surface area contributed by atoms with E-state index in [2.05, 4.69) is 4.72 Å². The molecule has 58 valence electrons. The van der Waals surface area contributed by atoms with E-state index in [-0.39, 0.29) is 0 Å². The van der Waals surface area contributed by atoms with E-state index in [0.29, 0.717) is 4.88 Å². The molecule has 2 rings (SSSR count). The van der Waals surface area contributed by atoms with Crippen molar-refractivity contribution in [1.82, 2.24) is 4.72 Å². The van der Waals surface area contributed by atoms with Crippen LogP contribution in [0.15, 0.2) is 10.3 Å². The van der Waals surface area contributed by atoms with Gasteiger partial charge in [-0.05, 0) is 23.6 Å². The summed E-state index contributed by atoms with van der Waals surface area (Å²) in [4.78, 5) is 10.9. The number of hydrogen-bond donors (Lipinski definition) is 2. The van der Waals surface area contributed by atoms with Crippen LogP contribution in [-0.4, -0.2) is 11.1 Å². The van der Waals surface area contributed by atoms with Gasteiger partial charge in [0, 0.05) is 6.54 Å². The molecule has 0 bridgehead atoms. The highest BCUT2D eigenvalue weighted by molar-refractivity contribution is 7.99. The average molecular weight is 187 g/mol. The minimum Gasteiger partial charge on any atom is -0.477 e. The summed E-state index contributed by atoms with van der Waals surface area (Å²) in [5.41, 5.74) is 1.11. The normalized spacial score (nSPS) is 14.9. The number of fused-ring (bicyclic) bond motifs is 1. The molecule has 2 N–H and O–H groups in total. The van der Waals surface area contributed by atoms with Crippen LogP contribution in [0.2, 0.25) is 0 Å². The van der Waals surface area contributed by atoms with Crippen molar-refractivity contribution in [2.75, 3.05) is 0 Å². The van der Waals surface area contributed by atoms with Gasteiger partial charge in [-0.15, -0.1) is 11.3 Å². The molecular formula is C6H5NO2S2. The summed E-state index contributed by atoms with van der Waals surface area (Å²) in [7, 11) is 0. The van der Waals surface area contributed by atoms with Crippen molar-refractivity contribution >= 4 is 29.3 Å². The minimum absolute atomic E-state index is 0.434. The summed E-state index contributed by atoms with van der Waals surface area (Å²) >= 11 is 2.84. The number of hydrogen-bond acceptors (Lipinski definition) is 4. The molecule has 0 atom stereocenters. The van der Waals surface area contributed by atoms with Gasteiger partial charge in [0.05, 0.1) is 4.21 Å². The van der Waals surface area contributed by atoms with Gasteiger partial charge in [-0.3, -0.25) is 4.72 Å². The first-order chi connectivity index (χ1) is 5.27. The van der Waals surface area contributed by atoms with Crippen molar-refractivity contribution in [2.24, 2.45) is 0 Å². The molecule has 11 heavy (non-hydrogen) atoms. The van der Waals surface area contributed by atoms with Gasteiger partial charge in [0.1, 0.15) is 4.88 Å². The molecule has 1 aromatic heterocycles. The van der Waals surface area contributed by atoms with E-state index in [9.17, 15) is 4.79 Å². The molecule has 1 aromatic rings. The van der Waals surface area contributed by atoms with Crippen LogP contribution in [-0.2, 0) is 6.54 Å². The van der Waals surface area contributed by atoms with Crippen LogP contribution in [0, 0.1) is 0 Å². The van der Waals surface area contributed by atoms with E-state index in [0.717, 1.165) is 16.3 Å². The molecule has 0 aromatic carbocycles. The number of thiophene rings is 1. The van der Waals surface area contributed by atoms with Gasteiger partial charge >= 0.3 is 5.97 Å². The van der Waals surface area contributed by atoms with E-state index in [1.54, 1.807) is 6.07 Å². The second-order valence-corrected chi connectivity index (χ2v) is 4.36. The Balaban J connectivity index is 2.42. The number of carbonyl (C=O) groups is 1. The van der Waals surface area contributed by atoms with Gasteiger partial charge in [-0.2, -0.15) is 0 Å². The largest absolute Gasteiger partial charge is 0.477 e. The van der Waals surface area contributed by atoms with Gasteiger partial charge in [0.15, 0.2) is 0 Å². The Morgan fingerprint density at radius 3 is 3.18 bits per heavy atom. The molecule has 2 heterocycles. The van der Waals surface area contributed by atoms with Crippen LogP contribution in [0.1, 0.15) is 15.2 Å². The Morgan fingerprint density at radius 1 is 1.73 bits per heavy atom. The van der Waals surface area contributed by atoms with Crippen LogP contribution in [0.25, 0.3) is 0 Å². The molecule has 0 saturated heterocycles. The Kier molecular flexibility index (Phi) is 1.63. The SMILES string of the molecule is O=C(O)c1cc2c(s1)SNC2. The molecule has 1 aliphatic rings. The molecule has 1 aliphatic heterocycles. The van der Waals surface area contributed by atoms with Crippen molar-refractivity contribution in [2.45, 2.75) is 10.8 Å². The number of nitrogens with one attached hydrogen (secondary N) is 1. The fourth-order valence-corrected chi connectivity index (χ4v) is 2.89. The predicted molar refractivity (Wildman–Crippen MR) is 44.0 cm³/mol. The molecule has 0 aliphatic carbocycles. The summed E-state index contributed by atoms with van der Waals surface area (Å²) in [6, 6.07) is 1.73. The zero-order chi connectivity index (χ0) is 7.84. The highest BCUT2D eigenvalue weighted by Crippen LogP contribution is 2.35. The zero-order valence-corrected chi connectivity index (χ0v) is 7.09. The van der Waals surface area contributed by atoms with E-state index < -0.39 is 5.97 Å². The molecule has 3 nitrogen and oxygen atoms in total. The Bertz CT molecular complexity index is 286. The Labute approximate surface area is 71.6 Å². The van der Waals surface area contributed by atoms with Crippen LogP contribution in [0.4, 0.5) is 0 Å². The van der Waals surface area contributed by atoms with Gasteiger partial charge in [0.25, 0.3) is 0 Å². The fraction of sp³-hybridized carbons (Fsp3) is 0.167. The minimum atomic E-state index is -0.829. The molecule has 0 amide bonds. The molecule has 0 saturated carbocycles. The molecule has 0 spiro atoms. The summed E-state index contributed by atoms with van der Waals surface area (Å²) < 4.78 is 4.15. The molecule has 0 fully saturated rings. The smallest absolute Gasteiger partial charge is 0.345 e. The first kappa shape index (κ1) is 7.15. The van der Waals surface area contributed by atoms with Crippen molar-refractivity contribution in [1.29, 1.82) is 0 Å². The lowest BCUT2D eigenvalue weighted by molar-refractivity contribution is 0.0702. The fourth-order valence-electron chi connectivity index (χ4n) is 0.906. The second-order valence-electron chi connectivity index (χ2n) is 2.15. The first-order valence-corrected chi connectivity index (χ1v) is 4.66. The maximum atomic E-state index is 10.5. The monoisotopic (exact) mass is 187 g/mol. The Morgan fingerprint density at radius 2 is 2.55 bits per heavy atom. The number of carboxylic acid groups (broad SMARTS) is 1. The van der Waals surface area contributed by atoms with Crippen molar-refractivity contribution in [3.63, 3.8) is 0 Å². The summed E-state index contributed by atoms with van der Waals surface area (Å²) in [6.07, 6.45) is 0. The second kappa shape index (κ2) is 2.51. The third-order valence-corrected chi connectivity index (χ3v) is 3.60. The molecular weight excluding hydrogens is 182 g/mol. The number of carboxylic acids is 1. The zero-order valence-electron chi connectivity index (χ0n) is 5.46. The van der Waals surface area contributed by atoms with Crippen molar-refractivity contribution in [3.05, 3.63) is 16.5 Å². The molecule has 0 radical (unpaired) electrons. The van der Waals surface area contributed by atoms with Crippen molar-refractivity contribution in [3.8, 4) is 0 Å². The Hall–Kier alpha value is -0.520. The van der Waals surface area contributed by atoms with Crippen molar-refractivity contribution < 1.29 is 9.90 Å². The van der Waals surface area contributed by atoms with Crippen LogP contribution in [0.5, 0.6) is 0 Å². The van der Waals surface area contributed by atoms with Crippen LogP contribution < -0.4 is 4.72 Å².